The third-order valence-corrected chi connectivity index (χ3v) is 11.0. The molecule has 2 aliphatic carbocycles. The number of nitrogens with zero attached hydrogens (tertiary/aromatic N) is 6. The first kappa shape index (κ1) is 34.9. The van der Waals surface area contributed by atoms with Gasteiger partial charge in [-0.2, -0.15) is 5.10 Å². The van der Waals surface area contributed by atoms with Crippen molar-refractivity contribution >= 4 is 17.8 Å². The van der Waals surface area contributed by atoms with E-state index in [4.69, 9.17) is 14.5 Å². The highest BCUT2D eigenvalue weighted by Gasteiger charge is 2.35. The van der Waals surface area contributed by atoms with Crippen molar-refractivity contribution in [2.45, 2.75) is 90.2 Å². The summed E-state index contributed by atoms with van der Waals surface area (Å²) in [7, 11) is 3.80. The number of carbonyl (C=O) groups excluding carboxylic acids is 2. The summed E-state index contributed by atoms with van der Waals surface area (Å²) in [5.74, 6) is 2.57. The number of hydrogen-bond acceptors (Lipinski definition) is 7. The van der Waals surface area contributed by atoms with Gasteiger partial charge in [-0.25, -0.2) is 9.78 Å². The molecule has 0 radical (unpaired) electrons. The van der Waals surface area contributed by atoms with Gasteiger partial charge in [0, 0.05) is 62.6 Å². The lowest BCUT2D eigenvalue weighted by atomic mass is 9.78. The number of anilines is 1. The first-order chi connectivity index (χ1) is 23.7. The lowest BCUT2D eigenvalue weighted by Gasteiger charge is -2.36. The number of methoxy groups -OCH3 is 1. The van der Waals surface area contributed by atoms with Gasteiger partial charge in [-0.05, 0) is 126 Å². The molecule has 0 spiro atoms. The predicted molar refractivity (Wildman–Crippen MR) is 192 cm³/mol. The SMILES string of the molecule is COc1ccc(C2CCC(CN(C(=O)C3CCC(OC(=O)N4CCN(C)CC4)CC3)c3cc(-c4cnn(C(C)C)c4)ccn3)CC2)cc1C. The van der Waals surface area contributed by atoms with Crippen molar-refractivity contribution in [2.75, 3.05) is 51.8 Å². The van der Waals surface area contributed by atoms with E-state index in [0.717, 1.165) is 55.6 Å². The fourth-order valence-corrected chi connectivity index (χ4v) is 7.76. The molecule has 2 saturated carbocycles. The smallest absolute Gasteiger partial charge is 0.410 e. The van der Waals surface area contributed by atoms with Crippen molar-refractivity contribution in [3.05, 3.63) is 60.0 Å². The van der Waals surface area contributed by atoms with E-state index in [0.29, 0.717) is 63.0 Å². The van der Waals surface area contributed by atoms with Gasteiger partial charge >= 0.3 is 6.09 Å². The Morgan fingerprint density at radius 1 is 0.939 bits per heavy atom. The molecule has 3 aromatic rings. The molecule has 2 amide bonds. The van der Waals surface area contributed by atoms with E-state index in [9.17, 15) is 9.59 Å². The molecular formula is C39H54N6O4. The lowest BCUT2D eigenvalue weighted by molar-refractivity contribution is -0.124. The first-order valence-corrected chi connectivity index (χ1v) is 18.3. The average Bonchev–Trinajstić information content (AvgIpc) is 3.63. The maximum atomic E-state index is 14.4. The zero-order valence-electron chi connectivity index (χ0n) is 30.0. The highest BCUT2D eigenvalue weighted by atomic mass is 16.6. The summed E-state index contributed by atoms with van der Waals surface area (Å²) in [5, 5.41) is 4.54. The lowest BCUT2D eigenvalue weighted by Crippen LogP contribution is -2.48. The Kier molecular flexibility index (Phi) is 11.2. The van der Waals surface area contributed by atoms with Gasteiger partial charge < -0.3 is 19.3 Å². The van der Waals surface area contributed by atoms with Crippen LogP contribution >= 0.6 is 0 Å². The van der Waals surface area contributed by atoms with E-state index in [2.05, 4.69) is 68.3 Å². The van der Waals surface area contributed by atoms with Crippen molar-refractivity contribution in [3.63, 3.8) is 0 Å². The summed E-state index contributed by atoms with van der Waals surface area (Å²) >= 11 is 0. The van der Waals surface area contributed by atoms with E-state index < -0.39 is 0 Å². The van der Waals surface area contributed by atoms with Crippen LogP contribution in [0.3, 0.4) is 0 Å². The van der Waals surface area contributed by atoms with Crippen LogP contribution in [-0.4, -0.2) is 89.5 Å². The molecule has 264 valence electrons. The number of hydrogen-bond donors (Lipinski definition) is 0. The van der Waals surface area contributed by atoms with E-state index in [-0.39, 0.29) is 30.1 Å². The number of aromatic nitrogens is 3. The minimum Gasteiger partial charge on any atom is -0.496 e. The maximum Gasteiger partial charge on any atom is 0.410 e. The molecule has 6 rings (SSSR count). The summed E-state index contributed by atoms with van der Waals surface area (Å²) < 4.78 is 13.4. The zero-order valence-corrected chi connectivity index (χ0v) is 30.0. The highest BCUT2D eigenvalue weighted by Crippen LogP contribution is 2.39. The van der Waals surface area contributed by atoms with Gasteiger partial charge in [-0.15, -0.1) is 0 Å². The van der Waals surface area contributed by atoms with Gasteiger partial charge in [-0.3, -0.25) is 14.4 Å². The predicted octanol–water partition coefficient (Wildman–Crippen LogP) is 7.09. The average molecular weight is 671 g/mol. The first-order valence-electron chi connectivity index (χ1n) is 18.3. The molecule has 2 aromatic heterocycles. The van der Waals surface area contributed by atoms with Crippen LogP contribution in [0.1, 0.15) is 88.3 Å². The molecule has 0 bridgehead atoms. The third kappa shape index (κ3) is 8.46. The number of likely N-dealkylation sites (N-methyl/N-ethyl adjacent to an activating group) is 1. The number of aryl methyl sites for hydroxylation is 1. The molecule has 10 nitrogen and oxygen atoms in total. The van der Waals surface area contributed by atoms with Crippen molar-refractivity contribution < 1.29 is 19.1 Å². The van der Waals surface area contributed by atoms with Crippen molar-refractivity contribution in [3.8, 4) is 16.9 Å². The van der Waals surface area contributed by atoms with Crippen LogP contribution in [0.25, 0.3) is 11.1 Å². The second-order valence-corrected chi connectivity index (χ2v) is 14.7. The Labute approximate surface area is 291 Å². The second-order valence-electron chi connectivity index (χ2n) is 14.7. The van der Waals surface area contributed by atoms with Crippen LogP contribution in [0.4, 0.5) is 10.6 Å². The van der Waals surface area contributed by atoms with Gasteiger partial charge in [0.25, 0.3) is 0 Å². The molecule has 0 atom stereocenters. The van der Waals surface area contributed by atoms with Gasteiger partial charge in [0.15, 0.2) is 0 Å². The number of benzene rings is 1. The second kappa shape index (κ2) is 15.7. The standard InChI is InChI=1S/C39H54N6O4/c1-27(2)45-26-34(24-41-45)33-16-17-40-37(23-33)44(25-29-6-8-30(9-7-29)32-12-15-36(48-5)28(3)22-32)38(46)31-10-13-35(14-11-31)49-39(47)43-20-18-42(4)19-21-43/h12,15-17,22-24,26-27,29-31,35H,6-11,13-14,18-21,25H2,1-5H3. The molecule has 1 saturated heterocycles. The number of ether oxygens (including phenoxy) is 2. The normalized spacial score (nSPS) is 23.3. The number of carbonyl (C=O) groups is 2. The third-order valence-electron chi connectivity index (χ3n) is 11.0. The summed E-state index contributed by atoms with van der Waals surface area (Å²) in [6, 6.07) is 10.9. The largest absolute Gasteiger partial charge is 0.496 e. The van der Waals surface area contributed by atoms with Crippen molar-refractivity contribution in [2.24, 2.45) is 11.8 Å². The molecule has 1 aromatic carbocycles. The highest BCUT2D eigenvalue weighted by molar-refractivity contribution is 5.94. The minimum absolute atomic E-state index is 0.119. The van der Waals surface area contributed by atoms with E-state index in [1.54, 1.807) is 7.11 Å². The van der Waals surface area contributed by atoms with Crippen LogP contribution in [0, 0.1) is 18.8 Å². The molecule has 0 unspecified atom stereocenters. The molecule has 1 aliphatic heterocycles. The van der Waals surface area contributed by atoms with Crippen LogP contribution in [-0.2, 0) is 9.53 Å². The molecule has 10 heteroatoms. The Morgan fingerprint density at radius 3 is 2.33 bits per heavy atom. The Balaban J connectivity index is 1.14. The zero-order chi connectivity index (χ0) is 34.5. The fourth-order valence-electron chi connectivity index (χ4n) is 7.76. The number of rotatable bonds is 9. The summed E-state index contributed by atoms with van der Waals surface area (Å²) in [4.78, 5) is 38.1. The summed E-state index contributed by atoms with van der Waals surface area (Å²) in [6.45, 7) is 10.1. The van der Waals surface area contributed by atoms with Gasteiger partial charge in [0.2, 0.25) is 5.91 Å². The molecule has 49 heavy (non-hydrogen) atoms. The quantitative estimate of drug-likeness (QED) is 0.240. The van der Waals surface area contributed by atoms with Gasteiger partial charge in [-0.1, -0.05) is 12.1 Å². The number of amides is 2. The molecule has 3 fully saturated rings. The van der Waals surface area contributed by atoms with Crippen LogP contribution in [0.5, 0.6) is 5.75 Å². The Hall–Kier alpha value is -3.92. The summed E-state index contributed by atoms with van der Waals surface area (Å²) in [5.41, 5.74) is 4.58. The van der Waals surface area contributed by atoms with E-state index in [1.165, 1.54) is 11.1 Å². The molecule has 3 aliphatic rings. The van der Waals surface area contributed by atoms with Gasteiger partial charge in [0.05, 0.1) is 13.3 Å². The molecular weight excluding hydrogens is 616 g/mol. The van der Waals surface area contributed by atoms with Crippen LogP contribution in [0.2, 0.25) is 0 Å². The fraction of sp³-hybridized carbons (Fsp3) is 0.590. The Bertz CT molecular complexity index is 1560. The topological polar surface area (TPSA) is 93.0 Å². The van der Waals surface area contributed by atoms with E-state index in [1.807, 2.05) is 32.9 Å². The van der Waals surface area contributed by atoms with Gasteiger partial charge in [0.1, 0.15) is 17.7 Å². The Morgan fingerprint density at radius 2 is 1.67 bits per heavy atom. The van der Waals surface area contributed by atoms with Crippen molar-refractivity contribution in [1.82, 2.24) is 24.6 Å². The van der Waals surface area contributed by atoms with Crippen molar-refractivity contribution in [1.29, 1.82) is 0 Å². The monoisotopic (exact) mass is 670 g/mol. The molecule has 3 heterocycles. The summed E-state index contributed by atoms with van der Waals surface area (Å²) in [6.07, 6.45) is 12.6. The van der Waals surface area contributed by atoms with Crippen LogP contribution in [0.15, 0.2) is 48.9 Å². The van der Waals surface area contributed by atoms with E-state index >= 15 is 0 Å². The number of pyridine rings is 1. The maximum absolute atomic E-state index is 14.4. The molecule has 0 N–H and O–H groups in total. The number of piperazine rings is 1. The minimum atomic E-state index is -0.216. The van der Waals surface area contributed by atoms with Crippen LogP contribution < -0.4 is 9.64 Å².